The molecule has 0 amide bonds. The Morgan fingerprint density at radius 1 is 1.15 bits per heavy atom. The van der Waals surface area contributed by atoms with E-state index in [1.54, 1.807) is 19.2 Å². The lowest BCUT2D eigenvalue weighted by molar-refractivity contribution is 0.416. The van der Waals surface area contributed by atoms with Gasteiger partial charge in [-0.1, -0.05) is 25.1 Å². The molecule has 2 aromatic carbocycles. The molecular formula is C17H20FNO. The number of halogens is 1. The zero-order valence-corrected chi connectivity index (χ0v) is 11.9. The summed E-state index contributed by atoms with van der Waals surface area (Å²) in [7, 11) is 1.64. The van der Waals surface area contributed by atoms with Crippen molar-refractivity contribution in [3.63, 3.8) is 0 Å². The first-order valence-corrected chi connectivity index (χ1v) is 6.79. The van der Waals surface area contributed by atoms with E-state index < -0.39 is 0 Å². The Hall–Kier alpha value is -1.87. The van der Waals surface area contributed by atoms with E-state index in [0.29, 0.717) is 12.5 Å². The SMILES string of the molecule is COc1ccc(C(C)CCN)cc1-c1ccc(F)cc1. The van der Waals surface area contributed by atoms with E-state index in [9.17, 15) is 4.39 Å². The van der Waals surface area contributed by atoms with Gasteiger partial charge in [0, 0.05) is 5.56 Å². The van der Waals surface area contributed by atoms with Crippen LogP contribution < -0.4 is 10.5 Å². The molecule has 0 bridgehead atoms. The Balaban J connectivity index is 2.43. The van der Waals surface area contributed by atoms with E-state index in [0.717, 1.165) is 23.3 Å². The third-order valence-electron chi connectivity index (χ3n) is 3.55. The van der Waals surface area contributed by atoms with Crippen LogP contribution in [0.3, 0.4) is 0 Å². The number of benzene rings is 2. The van der Waals surface area contributed by atoms with Gasteiger partial charge < -0.3 is 10.5 Å². The average molecular weight is 273 g/mol. The molecule has 0 radical (unpaired) electrons. The van der Waals surface area contributed by atoms with Crippen molar-refractivity contribution >= 4 is 0 Å². The monoisotopic (exact) mass is 273 g/mol. The van der Waals surface area contributed by atoms with Gasteiger partial charge in [0.25, 0.3) is 0 Å². The van der Waals surface area contributed by atoms with Gasteiger partial charge in [-0.25, -0.2) is 4.39 Å². The van der Waals surface area contributed by atoms with Crippen molar-refractivity contribution in [3.8, 4) is 16.9 Å². The normalized spacial score (nSPS) is 12.2. The molecule has 2 nitrogen and oxygen atoms in total. The summed E-state index contributed by atoms with van der Waals surface area (Å²) < 4.78 is 18.5. The van der Waals surface area contributed by atoms with Crippen molar-refractivity contribution < 1.29 is 9.13 Å². The highest BCUT2D eigenvalue weighted by atomic mass is 19.1. The zero-order valence-electron chi connectivity index (χ0n) is 11.9. The van der Waals surface area contributed by atoms with Gasteiger partial charge in [0.05, 0.1) is 7.11 Å². The molecule has 3 heteroatoms. The lowest BCUT2D eigenvalue weighted by Gasteiger charge is -2.15. The van der Waals surface area contributed by atoms with Crippen LogP contribution in [0.15, 0.2) is 42.5 Å². The molecular weight excluding hydrogens is 253 g/mol. The maximum atomic E-state index is 13.0. The number of nitrogens with two attached hydrogens (primary N) is 1. The third-order valence-corrected chi connectivity index (χ3v) is 3.55. The largest absolute Gasteiger partial charge is 0.496 e. The van der Waals surface area contributed by atoms with Crippen molar-refractivity contribution in [2.45, 2.75) is 19.3 Å². The summed E-state index contributed by atoms with van der Waals surface area (Å²) in [6, 6.07) is 12.6. The number of ether oxygens (including phenoxy) is 1. The first kappa shape index (κ1) is 14.5. The first-order valence-electron chi connectivity index (χ1n) is 6.79. The molecule has 0 saturated heterocycles. The van der Waals surface area contributed by atoms with Gasteiger partial charge in [-0.3, -0.25) is 0 Å². The van der Waals surface area contributed by atoms with Crippen molar-refractivity contribution in [2.75, 3.05) is 13.7 Å². The van der Waals surface area contributed by atoms with Crippen molar-refractivity contribution in [1.82, 2.24) is 0 Å². The maximum absolute atomic E-state index is 13.0. The van der Waals surface area contributed by atoms with E-state index in [-0.39, 0.29) is 5.82 Å². The molecule has 1 atom stereocenters. The summed E-state index contributed by atoms with van der Waals surface area (Å²) >= 11 is 0. The van der Waals surface area contributed by atoms with Crippen LogP contribution >= 0.6 is 0 Å². The molecule has 0 aromatic heterocycles. The lowest BCUT2D eigenvalue weighted by Crippen LogP contribution is -2.04. The second kappa shape index (κ2) is 6.53. The fourth-order valence-corrected chi connectivity index (χ4v) is 2.30. The van der Waals surface area contributed by atoms with Crippen LogP contribution in [0.1, 0.15) is 24.8 Å². The summed E-state index contributed by atoms with van der Waals surface area (Å²) in [5.74, 6) is 0.950. The minimum absolute atomic E-state index is 0.236. The predicted octanol–water partition coefficient (Wildman–Crippen LogP) is 3.95. The van der Waals surface area contributed by atoms with Crippen molar-refractivity contribution in [1.29, 1.82) is 0 Å². The summed E-state index contributed by atoms with van der Waals surface area (Å²) in [5, 5.41) is 0. The molecule has 0 aliphatic carbocycles. The van der Waals surface area contributed by atoms with Crippen LogP contribution in [-0.2, 0) is 0 Å². The Kier molecular flexibility index (Phi) is 4.74. The van der Waals surface area contributed by atoms with E-state index in [1.165, 1.54) is 17.7 Å². The molecule has 2 rings (SSSR count). The van der Waals surface area contributed by atoms with Gasteiger partial charge in [-0.2, -0.15) is 0 Å². The molecule has 1 unspecified atom stereocenters. The lowest BCUT2D eigenvalue weighted by atomic mass is 9.93. The van der Waals surface area contributed by atoms with Crippen molar-refractivity contribution in [2.24, 2.45) is 5.73 Å². The summed E-state index contributed by atoms with van der Waals surface area (Å²) in [6.45, 7) is 2.82. The Bertz CT molecular complexity index is 566. The summed E-state index contributed by atoms with van der Waals surface area (Å²) in [4.78, 5) is 0. The van der Waals surface area contributed by atoms with Crippen LogP contribution in [0, 0.1) is 5.82 Å². The molecule has 20 heavy (non-hydrogen) atoms. The summed E-state index contributed by atoms with van der Waals surface area (Å²) in [6.07, 6.45) is 0.940. The Morgan fingerprint density at radius 3 is 2.45 bits per heavy atom. The fourth-order valence-electron chi connectivity index (χ4n) is 2.30. The van der Waals surface area contributed by atoms with Gasteiger partial charge in [-0.05, 0) is 54.3 Å². The number of rotatable bonds is 5. The standard InChI is InChI=1S/C17H20FNO/c1-12(9-10-19)14-5-8-17(20-2)16(11-14)13-3-6-15(18)7-4-13/h3-8,11-12H,9-10,19H2,1-2H3. The van der Waals surface area contributed by atoms with Gasteiger partial charge in [0.2, 0.25) is 0 Å². The maximum Gasteiger partial charge on any atom is 0.126 e. The molecule has 2 N–H and O–H groups in total. The van der Waals surface area contributed by atoms with E-state index in [1.807, 2.05) is 6.07 Å². The molecule has 0 fully saturated rings. The van der Waals surface area contributed by atoms with Crippen molar-refractivity contribution in [3.05, 3.63) is 53.8 Å². The van der Waals surface area contributed by atoms with Crippen LogP contribution in [0.5, 0.6) is 5.75 Å². The molecule has 2 aromatic rings. The van der Waals surface area contributed by atoms with Gasteiger partial charge in [0.1, 0.15) is 11.6 Å². The Labute approximate surface area is 119 Å². The smallest absolute Gasteiger partial charge is 0.126 e. The zero-order chi connectivity index (χ0) is 14.5. The first-order chi connectivity index (χ1) is 9.65. The van der Waals surface area contributed by atoms with E-state index >= 15 is 0 Å². The van der Waals surface area contributed by atoms with Gasteiger partial charge >= 0.3 is 0 Å². The van der Waals surface area contributed by atoms with Gasteiger partial charge in [-0.15, -0.1) is 0 Å². The van der Waals surface area contributed by atoms with Crippen LogP contribution in [0.4, 0.5) is 4.39 Å². The molecule has 0 spiro atoms. The topological polar surface area (TPSA) is 35.2 Å². The highest BCUT2D eigenvalue weighted by Gasteiger charge is 2.11. The molecule has 0 saturated carbocycles. The summed E-state index contributed by atoms with van der Waals surface area (Å²) in [5.41, 5.74) is 8.77. The minimum Gasteiger partial charge on any atom is -0.496 e. The second-order valence-electron chi connectivity index (χ2n) is 4.95. The number of methoxy groups -OCH3 is 1. The van der Waals surface area contributed by atoms with Gasteiger partial charge in [0.15, 0.2) is 0 Å². The predicted molar refractivity (Wildman–Crippen MR) is 80.5 cm³/mol. The molecule has 0 aliphatic heterocycles. The second-order valence-corrected chi connectivity index (χ2v) is 4.95. The van der Waals surface area contributed by atoms with Crippen LogP contribution in [0.2, 0.25) is 0 Å². The minimum atomic E-state index is -0.236. The van der Waals surface area contributed by atoms with E-state index in [4.69, 9.17) is 10.5 Å². The molecule has 106 valence electrons. The Morgan fingerprint density at radius 2 is 1.85 bits per heavy atom. The third kappa shape index (κ3) is 3.17. The van der Waals surface area contributed by atoms with Crippen LogP contribution in [0.25, 0.3) is 11.1 Å². The molecule has 0 aliphatic rings. The highest BCUT2D eigenvalue weighted by Crippen LogP contribution is 2.33. The fraction of sp³-hybridized carbons (Fsp3) is 0.294. The highest BCUT2D eigenvalue weighted by molar-refractivity contribution is 5.71. The molecule has 0 heterocycles. The quantitative estimate of drug-likeness (QED) is 0.895. The average Bonchev–Trinajstić information content (AvgIpc) is 2.47. The number of hydrogen-bond acceptors (Lipinski definition) is 2. The van der Waals surface area contributed by atoms with Crippen LogP contribution in [-0.4, -0.2) is 13.7 Å². The number of hydrogen-bond donors (Lipinski definition) is 1. The van der Waals surface area contributed by atoms with E-state index in [2.05, 4.69) is 19.1 Å².